The average Bonchev–Trinajstić information content (AvgIpc) is 2.70. The molecule has 78 valence electrons. The summed E-state index contributed by atoms with van der Waals surface area (Å²) in [7, 11) is 1.79. The Balaban J connectivity index is 2.14. The Labute approximate surface area is 85.8 Å². The number of carbonyl (C=O) groups excluding carboxylic acids is 1. The molecule has 1 aromatic rings. The van der Waals surface area contributed by atoms with Crippen LogP contribution in [0.5, 0.6) is 0 Å². The third kappa shape index (κ3) is 1.03. The molecule has 0 atom stereocenters. The number of rotatable bonds is 0. The highest BCUT2D eigenvalue weighted by molar-refractivity contribution is 6.00. The van der Waals surface area contributed by atoms with Gasteiger partial charge in [-0.25, -0.2) is 0 Å². The third-order valence-electron chi connectivity index (χ3n) is 3.09. The van der Waals surface area contributed by atoms with E-state index in [9.17, 15) is 9.59 Å². The predicted molar refractivity (Wildman–Crippen MR) is 54.6 cm³/mol. The van der Waals surface area contributed by atoms with Gasteiger partial charge in [-0.1, -0.05) is 0 Å². The zero-order valence-electron chi connectivity index (χ0n) is 8.39. The van der Waals surface area contributed by atoms with Crippen LogP contribution in [-0.4, -0.2) is 15.6 Å². The summed E-state index contributed by atoms with van der Waals surface area (Å²) in [4.78, 5) is 23.0. The van der Waals surface area contributed by atoms with Gasteiger partial charge in [0.25, 0.3) is 5.56 Å². The van der Waals surface area contributed by atoms with Gasteiger partial charge in [0.05, 0.1) is 5.56 Å². The molecule has 2 aliphatic rings. The van der Waals surface area contributed by atoms with E-state index in [2.05, 4.69) is 10.4 Å². The molecule has 3 rings (SSSR count). The van der Waals surface area contributed by atoms with Gasteiger partial charge in [-0.05, 0) is 6.42 Å². The van der Waals surface area contributed by atoms with Crippen LogP contribution < -0.4 is 10.9 Å². The summed E-state index contributed by atoms with van der Waals surface area (Å²) in [6, 6.07) is 0. The van der Waals surface area contributed by atoms with Crippen LogP contribution in [-0.2, 0) is 18.3 Å². The summed E-state index contributed by atoms with van der Waals surface area (Å²) in [5.41, 5.74) is 2.35. The van der Waals surface area contributed by atoms with Crippen molar-refractivity contribution < 1.29 is 4.79 Å². The lowest BCUT2D eigenvalue weighted by atomic mass is 10.0. The van der Waals surface area contributed by atoms with E-state index in [1.54, 1.807) is 11.7 Å². The molecule has 0 spiro atoms. The molecule has 1 aliphatic heterocycles. The minimum Gasteiger partial charge on any atom is -0.343 e. The van der Waals surface area contributed by atoms with E-state index >= 15 is 0 Å². The van der Waals surface area contributed by atoms with E-state index in [-0.39, 0.29) is 11.3 Å². The summed E-state index contributed by atoms with van der Waals surface area (Å²) in [6.45, 7) is 0. The molecule has 2 N–H and O–H groups in total. The van der Waals surface area contributed by atoms with Crippen LogP contribution in [0.1, 0.15) is 18.4 Å². The first-order chi connectivity index (χ1) is 7.16. The van der Waals surface area contributed by atoms with E-state index in [4.69, 9.17) is 0 Å². The maximum Gasteiger partial charge on any atom is 0.269 e. The summed E-state index contributed by atoms with van der Waals surface area (Å²) in [6.07, 6.45) is 1.82. The molecule has 2 heterocycles. The van der Waals surface area contributed by atoms with E-state index in [1.807, 2.05) is 0 Å². The molecule has 0 amide bonds. The first-order valence-electron chi connectivity index (χ1n) is 4.97. The van der Waals surface area contributed by atoms with Crippen molar-refractivity contribution in [3.8, 4) is 0 Å². The predicted octanol–water partition coefficient (Wildman–Crippen LogP) is 0.298. The van der Waals surface area contributed by atoms with Crippen LogP contribution in [0.25, 0.3) is 0 Å². The third-order valence-corrected chi connectivity index (χ3v) is 3.09. The Morgan fingerprint density at radius 2 is 2.07 bits per heavy atom. The number of carbonyl (C=O) groups is 1. The first-order valence-corrected chi connectivity index (χ1v) is 4.97. The second-order valence-electron chi connectivity index (χ2n) is 4.01. The fourth-order valence-electron chi connectivity index (χ4n) is 2.28. The Hall–Kier alpha value is -1.78. The fourth-order valence-corrected chi connectivity index (χ4v) is 2.28. The van der Waals surface area contributed by atoms with Crippen LogP contribution in [0.2, 0.25) is 0 Å². The largest absolute Gasteiger partial charge is 0.343 e. The van der Waals surface area contributed by atoms with Gasteiger partial charge >= 0.3 is 0 Å². The number of aromatic nitrogens is 2. The van der Waals surface area contributed by atoms with Crippen molar-refractivity contribution in [2.24, 2.45) is 7.05 Å². The van der Waals surface area contributed by atoms with Crippen LogP contribution in [0, 0.1) is 0 Å². The highest BCUT2D eigenvalue weighted by Crippen LogP contribution is 2.32. The molecule has 5 heteroatoms. The van der Waals surface area contributed by atoms with Crippen molar-refractivity contribution in [1.82, 2.24) is 9.78 Å². The molecule has 5 nitrogen and oxygen atoms in total. The number of allylic oxidation sites excluding steroid dienone is 2. The Morgan fingerprint density at radius 1 is 1.27 bits per heavy atom. The molecule has 0 saturated heterocycles. The average molecular weight is 205 g/mol. The number of H-pyrrole nitrogens is 1. The lowest BCUT2D eigenvalue weighted by Crippen LogP contribution is -2.16. The quantitative estimate of drug-likeness (QED) is 0.640. The molecule has 0 unspecified atom stereocenters. The van der Waals surface area contributed by atoms with Crippen LogP contribution >= 0.6 is 0 Å². The van der Waals surface area contributed by atoms with Gasteiger partial charge in [0, 0.05) is 31.2 Å². The number of aromatic amines is 1. The van der Waals surface area contributed by atoms with E-state index in [1.165, 1.54) is 0 Å². The number of nitrogens with zero attached hydrogens (tertiary/aromatic N) is 1. The van der Waals surface area contributed by atoms with E-state index in [0.717, 1.165) is 23.5 Å². The molecule has 0 bridgehead atoms. The van der Waals surface area contributed by atoms with Gasteiger partial charge in [-0.15, -0.1) is 0 Å². The smallest absolute Gasteiger partial charge is 0.269 e. The summed E-state index contributed by atoms with van der Waals surface area (Å²) >= 11 is 0. The SMILES string of the molecule is Cn1[nH]c(=O)c2c1NC1=C(C2)C(=O)CC1. The van der Waals surface area contributed by atoms with Crippen molar-refractivity contribution in [3.05, 3.63) is 27.2 Å². The molecule has 0 radical (unpaired) electrons. The zero-order chi connectivity index (χ0) is 10.6. The molecule has 0 aromatic carbocycles. The number of ketones is 1. The standard InChI is InChI=1S/C10H11N3O2/c1-13-9-6(10(15)12-13)4-5-7(11-9)2-3-8(5)14/h11H,2-4H2,1H3,(H,12,15). The highest BCUT2D eigenvalue weighted by Gasteiger charge is 2.30. The van der Waals surface area contributed by atoms with Crippen molar-refractivity contribution in [2.45, 2.75) is 19.3 Å². The number of fused-ring (bicyclic) bond motifs is 1. The maximum absolute atomic E-state index is 11.5. The molecular weight excluding hydrogens is 194 g/mol. The Kier molecular flexibility index (Phi) is 1.49. The van der Waals surface area contributed by atoms with Crippen LogP contribution in [0.4, 0.5) is 5.82 Å². The van der Waals surface area contributed by atoms with Crippen molar-refractivity contribution in [3.63, 3.8) is 0 Å². The zero-order valence-corrected chi connectivity index (χ0v) is 8.39. The van der Waals surface area contributed by atoms with Gasteiger partial charge < -0.3 is 5.32 Å². The van der Waals surface area contributed by atoms with Gasteiger partial charge in [0.1, 0.15) is 5.82 Å². The summed E-state index contributed by atoms with van der Waals surface area (Å²) in [5, 5.41) is 5.85. The minimum absolute atomic E-state index is 0.105. The number of hydrogen-bond acceptors (Lipinski definition) is 3. The highest BCUT2D eigenvalue weighted by atomic mass is 16.1. The normalized spacial score (nSPS) is 18.9. The van der Waals surface area contributed by atoms with Gasteiger partial charge in [0.15, 0.2) is 5.78 Å². The first kappa shape index (κ1) is 8.52. The number of aryl methyl sites for hydroxylation is 1. The lowest BCUT2D eigenvalue weighted by molar-refractivity contribution is -0.115. The molecule has 1 aliphatic carbocycles. The second kappa shape index (κ2) is 2.62. The molecule has 0 saturated carbocycles. The topological polar surface area (TPSA) is 66.9 Å². The molecular formula is C10H11N3O2. The Bertz CT molecular complexity index is 548. The van der Waals surface area contributed by atoms with E-state index in [0.29, 0.717) is 18.4 Å². The lowest BCUT2D eigenvalue weighted by Gasteiger charge is -2.16. The van der Waals surface area contributed by atoms with Crippen LogP contribution in [0.15, 0.2) is 16.1 Å². The van der Waals surface area contributed by atoms with Crippen LogP contribution in [0.3, 0.4) is 0 Å². The second-order valence-corrected chi connectivity index (χ2v) is 4.01. The van der Waals surface area contributed by atoms with Crippen molar-refractivity contribution >= 4 is 11.6 Å². The minimum atomic E-state index is -0.105. The van der Waals surface area contributed by atoms with Gasteiger partial charge in [0.2, 0.25) is 0 Å². The number of hydrogen-bond donors (Lipinski definition) is 2. The van der Waals surface area contributed by atoms with E-state index < -0.39 is 0 Å². The number of Topliss-reactive ketones (excluding diaryl/α,β-unsaturated/α-hetero) is 1. The number of anilines is 1. The van der Waals surface area contributed by atoms with Crippen molar-refractivity contribution in [1.29, 1.82) is 0 Å². The van der Waals surface area contributed by atoms with Gasteiger partial charge in [-0.3, -0.25) is 19.4 Å². The van der Waals surface area contributed by atoms with Gasteiger partial charge in [-0.2, -0.15) is 0 Å². The Morgan fingerprint density at radius 3 is 2.87 bits per heavy atom. The number of nitrogens with one attached hydrogen (secondary N) is 2. The molecule has 0 fully saturated rings. The molecule has 1 aromatic heterocycles. The molecule has 15 heavy (non-hydrogen) atoms. The monoisotopic (exact) mass is 205 g/mol. The fraction of sp³-hybridized carbons (Fsp3) is 0.400. The maximum atomic E-state index is 11.5. The van der Waals surface area contributed by atoms with Crippen molar-refractivity contribution in [2.75, 3.05) is 5.32 Å². The summed E-state index contributed by atoms with van der Waals surface area (Å²) in [5.74, 6) is 0.972. The summed E-state index contributed by atoms with van der Waals surface area (Å²) < 4.78 is 1.67.